The third kappa shape index (κ3) is 3.49. The van der Waals surface area contributed by atoms with Gasteiger partial charge >= 0.3 is 0 Å². The lowest BCUT2D eigenvalue weighted by atomic mass is 9.83. The molecule has 3 heterocycles. The van der Waals surface area contributed by atoms with E-state index in [1.807, 2.05) is 36.7 Å². The lowest BCUT2D eigenvalue weighted by Gasteiger charge is -2.45. The standard InChI is InChI=1S/C26H28N4O/c1-20-8-5-6-12-23(20)24(21-9-7-15-27-18-21)29-16-13-26(14-17-29)25(31)28-19-30(26)22-10-3-2-4-11-22/h2-12,15,18,24H,13-14,16-17,19H2,1H3,(H,28,31). The summed E-state index contributed by atoms with van der Waals surface area (Å²) in [5.41, 5.74) is 4.42. The smallest absolute Gasteiger partial charge is 0.247 e. The molecule has 3 aromatic rings. The molecule has 1 aromatic heterocycles. The van der Waals surface area contributed by atoms with E-state index in [0.717, 1.165) is 31.6 Å². The number of carbonyl (C=O) groups is 1. The fourth-order valence-electron chi connectivity index (χ4n) is 5.20. The van der Waals surface area contributed by atoms with E-state index in [0.29, 0.717) is 6.67 Å². The lowest BCUT2D eigenvalue weighted by Crippen LogP contribution is -2.56. The molecule has 5 heteroatoms. The number of pyridine rings is 1. The Morgan fingerprint density at radius 1 is 0.968 bits per heavy atom. The number of carbonyl (C=O) groups excluding carboxylic acids is 1. The molecule has 2 saturated heterocycles. The first-order valence-electron chi connectivity index (χ1n) is 11.0. The van der Waals surface area contributed by atoms with Gasteiger partial charge in [0.2, 0.25) is 5.91 Å². The van der Waals surface area contributed by atoms with Crippen LogP contribution in [0.2, 0.25) is 0 Å². The second-order valence-corrected chi connectivity index (χ2v) is 8.54. The number of nitrogens with one attached hydrogen (secondary N) is 1. The maximum absolute atomic E-state index is 13.0. The van der Waals surface area contributed by atoms with E-state index in [-0.39, 0.29) is 11.9 Å². The highest BCUT2D eigenvalue weighted by molar-refractivity contribution is 5.93. The van der Waals surface area contributed by atoms with Gasteiger partial charge in [0.05, 0.1) is 12.7 Å². The zero-order valence-corrected chi connectivity index (χ0v) is 17.9. The van der Waals surface area contributed by atoms with Crippen molar-refractivity contribution in [1.29, 1.82) is 0 Å². The molecule has 1 unspecified atom stereocenters. The molecule has 0 bridgehead atoms. The summed E-state index contributed by atoms with van der Waals surface area (Å²) in [6, 6.07) is 23.2. The molecule has 2 aliphatic rings. The molecule has 158 valence electrons. The van der Waals surface area contributed by atoms with Crippen LogP contribution in [0.15, 0.2) is 79.1 Å². The van der Waals surface area contributed by atoms with Crippen molar-refractivity contribution < 1.29 is 4.79 Å². The number of aryl methyl sites for hydroxylation is 1. The number of amides is 1. The fraction of sp³-hybridized carbons (Fsp3) is 0.308. The van der Waals surface area contributed by atoms with Crippen molar-refractivity contribution in [3.8, 4) is 0 Å². The zero-order valence-electron chi connectivity index (χ0n) is 17.9. The first-order valence-corrected chi connectivity index (χ1v) is 11.0. The van der Waals surface area contributed by atoms with E-state index in [4.69, 9.17) is 0 Å². The van der Waals surface area contributed by atoms with Crippen LogP contribution in [0.1, 0.15) is 35.6 Å². The zero-order chi connectivity index (χ0) is 21.3. The Morgan fingerprint density at radius 3 is 2.42 bits per heavy atom. The highest BCUT2D eigenvalue weighted by atomic mass is 16.2. The van der Waals surface area contributed by atoms with Crippen LogP contribution >= 0.6 is 0 Å². The van der Waals surface area contributed by atoms with Crippen LogP contribution < -0.4 is 10.2 Å². The number of hydrogen-bond acceptors (Lipinski definition) is 4. The Kier molecular flexibility index (Phi) is 5.20. The van der Waals surface area contributed by atoms with Gasteiger partial charge < -0.3 is 10.2 Å². The van der Waals surface area contributed by atoms with Gasteiger partial charge in [0.1, 0.15) is 5.54 Å². The SMILES string of the molecule is Cc1ccccc1C(c1cccnc1)N1CCC2(CC1)C(=O)NCN2c1ccccc1. The molecule has 31 heavy (non-hydrogen) atoms. The Hall–Kier alpha value is -3.18. The summed E-state index contributed by atoms with van der Waals surface area (Å²) in [5, 5.41) is 3.10. The average molecular weight is 413 g/mol. The van der Waals surface area contributed by atoms with Gasteiger partial charge in [-0.15, -0.1) is 0 Å². The topological polar surface area (TPSA) is 48.5 Å². The second kappa shape index (κ2) is 8.16. The molecule has 2 aromatic carbocycles. The monoisotopic (exact) mass is 412 g/mol. The minimum Gasteiger partial charge on any atom is -0.339 e. The maximum atomic E-state index is 13.0. The summed E-state index contributed by atoms with van der Waals surface area (Å²) in [6.07, 6.45) is 5.40. The molecule has 1 N–H and O–H groups in total. The van der Waals surface area contributed by atoms with Crippen LogP contribution in [0.4, 0.5) is 5.69 Å². The highest BCUT2D eigenvalue weighted by Gasteiger charge is 2.51. The van der Waals surface area contributed by atoms with Gasteiger partial charge in [-0.3, -0.25) is 14.7 Å². The minimum absolute atomic E-state index is 0.141. The van der Waals surface area contributed by atoms with Crippen molar-refractivity contribution in [3.63, 3.8) is 0 Å². The van der Waals surface area contributed by atoms with Crippen LogP contribution in [-0.2, 0) is 4.79 Å². The summed E-state index contributed by atoms with van der Waals surface area (Å²) in [7, 11) is 0. The second-order valence-electron chi connectivity index (χ2n) is 8.54. The van der Waals surface area contributed by atoms with Crippen molar-refractivity contribution in [1.82, 2.24) is 15.2 Å². The largest absolute Gasteiger partial charge is 0.339 e. The molecule has 1 amide bonds. The first-order chi connectivity index (χ1) is 15.2. The number of aromatic nitrogens is 1. The van der Waals surface area contributed by atoms with Crippen LogP contribution in [0, 0.1) is 6.92 Å². The van der Waals surface area contributed by atoms with Crippen LogP contribution in [0.25, 0.3) is 0 Å². The van der Waals surface area contributed by atoms with E-state index >= 15 is 0 Å². The molecular formula is C26H28N4O. The van der Waals surface area contributed by atoms with Gasteiger partial charge in [-0.05, 0) is 54.7 Å². The summed E-state index contributed by atoms with van der Waals surface area (Å²) in [5.74, 6) is 0.157. The van der Waals surface area contributed by atoms with Crippen molar-refractivity contribution in [3.05, 3.63) is 95.8 Å². The van der Waals surface area contributed by atoms with E-state index in [9.17, 15) is 4.79 Å². The molecule has 5 rings (SSSR count). The number of benzene rings is 2. The van der Waals surface area contributed by atoms with Crippen molar-refractivity contribution in [2.24, 2.45) is 0 Å². The number of anilines is 1. The van der Waals surface area contributed by atoms with Crippen LogP contribution in [0.5, 0.6) is 0 Å². The first kappa shape index (κ1) is 19.8. The van der Waals surface area contributed by atoms with Crippen molar-refractivity contribution >= 4 is 11.6 Å². The Balaban J connectivity index is 1.45. The number of likely N-dealkylation sites (tertiary alicyclic amines) is 1. The molecule has 0 aliphatic carbocycles. The third-order valence-corrected chi connectivity index (χ3v) is 6.88. The van der Waals surface area contributed by atoms with Gasteiger partial charge in [0, 0.05) is 31.2 Å². The molecule has 0 radical (unpaired) electrons. The normalized spacial score (nSPS) is 19.4. The van der Waals surface area contributed by atoms with Gasteiger partial charge in [0.25, 0.3) is 0 Å². The number of nitrogens with zero attached hydrogens (tertiary/aromatic N) is 3. The Bertz CT molecular complexity index is 1050. The van der Waals surface area contributed by atoms with E-state index in [1.165, 1.54) is 16.7 Å². The quantitative estimate of drug-likeness (QED) is 0.706. The Labute approximate surface area is 183 Å². The predicted molar refractivity (Wildman–Crippen MR) is 123 cm³/mol. The van der Waals surface area contributed by atoms with Crippen molar-refractivity contribution in [2.45, 2.75) is 31.3 Å². The van der Waals surface area contributed by atoms with Gasteiger partial charge in [-0.1, -0.05) is 48.5 Å². The summed E-state index contributed by atoms with van der Waals surface area (Å²) in [6.45, 7) is 4.45. The molecule has 0 saturated carbocycles. The van der Waals surface area contributed by atoms with E-state index in [1.54, 1.807) is 0 Å². The maximum Gasteiger partial charge on any atom is 0.247 e. The number of piperidine rings is 1. The number of hydrogen-bond donors (Lipinski definition) is 1. The Morgan fingerprint density at radius 2 is 1.71 bits per heavy atom. The lowest BCUT2D eigenvalue weighted by molar-refractivity contribution is -0.125. The van der Waals surface area contributed by atoms with E-state index < -0.39 is 5.54 Å². The van der Waals surface area contributed by atoms with Crippen LogP contribution in [-0.4, -0.2) is 41.1 Å². The van der Waals surface area contributed by atoms with Gasteiger partial charge in [-0.2, -0.15) is 0 Å². The molecular weight excluding hydrogens is 384 g/mol. The third-order valence-electron chi connectivity index (χ3n) is 6.88. The van der Waals surface area contributed by atoms with Crippen LogP contribution in [0.3, 0.4) is 0 Å². The highest BCUT2D eigenvalue weighted by Crippen LogP contribution is 2.40. The van der Waals surface area contributed by atoms with Crippen molar-refractivity contribution in [2.75, 3.05) is 24.7 Å². The molecule has 1 atom stereocenters. The summed E-state index contributed by atoms with van der Waals surface area (Å²) in [4.78, 5) is 22.2. The minimum atomic E-state index is -0.469. The summed E-state index contributed by atoms with van der Waals surface area (Å²) < 4.78 is 0. The molecule has 2 aliphatic heterocycles. The van der Waals surface area contributed by atoms with E-state index in [2.05, 4.69) is 69.5 Å². The van der Waals surface area contributed by atoms with Gasteiger partial charge in [-0.25, -0.2) is 0 Å². The molecule has 5 nitrogen and oxygen atoms in total. The fourth-order valence-corrected chi connectivity index (χ4v) is 5.20. The summed E-state index contributed by atoms with van der Waals surface area (Å²) >= 11 is 0. The average Bonchev–Trinajstić information content (AvgIpc) is 3.13. The number of para-hydroxylation sites is 1. The van der Waals surface area contributed by atoms with Gasteiger partial charge in [0.15, 0.2) is 0 Å². The molecule has 2 fully saturated rings. The molecule has 1 spiro atoms. The predicted octanol–water partition coefficient (Wildman–Crippen LogP) is 3.91. The number of rotatable bonds is 4.